The fraction of sp³-hybridized carbons (Fsp3) is 0.600. The Kier molecular flexibility index (Phi) is 3.85. The van der Waals surface area contributed by atoms with Gasteiger partial charge < -0.3 is 9.52 Å². The molecule has 0 radical (unpaired) electrons. The highest BCUT2D eigenvalue weighted by Crippen LogP contribution is 2.12. The summed E-state index contributed by atoms with van der Waals surface area (Å²) < 4.78 is 5.29. The molecule has 2 unspecified atom stereocenters. The first-order valence-electron chi connectivity index (χ1n) is 4.87. The molecule has 0 saturated heterocycles. The van der Waals surface area contributed by atoms with Gasteiger partial charge in [0.25, 0.3) is 0 Å². The van der Waals surface area contributed by atoms with Gasteiger partial charge in [0.15, 0.2) is 0 Å². The highest BCUT2D eigenvalue weighted by molar-refractivity contribution is 5.05. The van der Waals surface area contributed by atoms with E-state index in [9.17, 15) is 15.2 Å². The summed E-state index contributed by atoms with van der Waals surface area (Å²) in [5, 5.41) is 19.9. The smallest absolute Gasteiger partial charge is 0.235 e. The van der Waals surface area contributed by atoms with Crippen molar-refractivity contribution in [2.75, 3.05) is 0 Å². The van der Waals surface area contributed by atoms with E-state index in [0.29, 0.717) is 12.8 Å². The van der Waals surface area contributed by atoms with Crippen LogP contribution in [0.4, 0.5) is 0 Å². The van der Waals surface area contributed by atoms with E-state index in [1.165, 1.54) is 6.92 Å². The zero-order chi connectivity index (χ0) is 11.4. The van der Waals surface area contributed by atoms with Gasteiger partial charge >= 0.3 is 0 Å². The van der Waals surface area contributed by atoms with Crippen molar-refractivity contribution in [3.8, 4) is 0 Å². The predicted octanol–water partition coefficient (Wildman–Crippen LogP) is 1.55. The number of rotatable bonds is 5. The Labute approximate surface area is 87.9 Å². The Morgan fingerprint density at radius 3 is 2.73 bits per heavy atom. The third-order valence-electron chi connectivity index (χ3n) is 2.37. The Bertz CT molecular complexity index is 334. The second-order valence-corrected chi connectivity index (χ2v) is 3.64. The Morgan fingerprint density at radius 1 is 1.60 bits per heavy atom. The molecule has 0 aliphatic heterocycles. The summed E-state index contributed by atoms with van der Waals surface area (Å²) in [4.78, 5) is 9.90. The highest BCUT2D eigenvalue weighted by Gasteiger charge is 2.23. The van der Waals surface area contributed by atoms with Crippen molar-refractivity contribution < 1.29 is 14.4 Å². The molecule has 2 atom stereocenters. The van der Waals surface area contributed by atoms with Crippen LogP contribution in [0.3, 0.4) is 0 Å². The zero-order valence-corrected chi connectivity index (χ0v) is 8.84. The summed E-state index contributed by atoms with van der Waals surface area (Å²) in [5.41, 5.74) is 0. The fourth-order valence-electron chi connectivity index (χ4n) is 1.29. The number of hydrogen-bond donors (Lipinski definition) is 1. The molecule has 0 spiro atoms. The first-order valence-corrected chi connectivity index (χ1v) is 4.87. The number of hydrogen-bond acceptors (Lipinski definition) is 4. The van der Waals surface area contributed by atoms with Crippen molar-refractivity contribution in [2.24, 2.45) is 0 Å². The third-order valence-corrected chi connectivity index (χ3v) is 2.37. The summed E-state index contributed by atoms with van der Waals surface area (Å²) in [6, 6.07) is 2.72. The van der Waals surface area contributed by atoms with Crippen LogP contribution < -0.4 is 0 Å². The SMILES string of the molecule is Cc1ccc(CCC(O)C(C)[N+](=O)[O-])o1. The van der Waals surface area contributed by atoms with Crippen molar-refractivity contribution in [1.29, 1.82) is 0 Å². The van der Waals surface area contributed by atoms with Crippen LogP contribution in [0.15, 0.2) is 16.5 Å². The van der Waals surface area contributed by atoms with E-state index in [0.717, 1.165) is 11.5 Å². The van der Waals surface area contributed by atoms with E-state index < -0.39 is 17.1 Å². The van der Waals surface area contributed by atoms with E-state index >= 15 is 0 Å². The molecular weight excluding hydrogens is 198 g/mol. The minimum atomic E-state index is -0.930. The molecule has 5 nitrogen and oxygen atoms in total. The Morgan fingerprint density at radius 2 is 2.27 bits per heavy atom. The average Bonchev–Trinajstić information content (AvgIpc) is 2.59. The molecule has 1 aromatic heterocycles. The van der Waals surface area contributed by atoms with Crippen LogP contribution in [0.1, 0.15) is 24.9 Å². The van der Waals surface area contributed by atoms with E-state index in [1.807, 2.05) is 19.1 Å². The summed E-state index contributed by atoms with van der Waals surface area (Å²) in [6.07, 6.45) is -0.0622. The van der Waals surface area contributed by atoms with E-state index in [4.69, 9.17) is 4.42 Å². The number of nitrogens with zero attached hydrogens (tertiary/aromatic N) is 1. The molecular formula is C10H15NO4. The lowest BCUT2D eigenvalue weighted by molar-refractivity contribution is -0.529. The van der Waals surface area contributed by atoms with Crippen LogP contribution in [0.2, 0.25) is 0 Å². The lowest BCUT2D eigenvalue weighted by Crippen LogP contribution is -2.30. The zero-order valence-electron chi connectivity index (χ0n) is 8.84. The molecule has 84 valence electrons. The van der Waals surface area contributed by atoms with Crippen molar-refractivity contribution >= 4 is 0 Å². The summed E-state index contributed by atoms with van der Waals surface area (Å²) in [7, 11) is 0. The van der Waals surface area contributed by atoms with Crippen LogP contribution in [-0.4, -0.2) is 22.2 Å². The van der Waals surface area contributed by atoms with Crippen molar-refractivity contribution in [3.05, 3.63) is 33.8 Å². The second kappa shape index (κ2) is 4.93. The van der Waals surface area contributed by atoms with Gasteiger partial charge in [-0.1, -0.05) is 0 Å². The largest absolute Gasteiger partial charge is 0.466 e. The molecule has 15 heavy (non-hydrogen) atoms. The standard InChI is InChI=1S/C10H15NO4/c1-7-3-4-9(15-7)5-6-10(12)8(2)11(13)14/h3-4,8,10,12H,5-6H2,1-2H3. The molecule has 0 fully saturated rings. The van der Waals surface area contributed by atoms with Gasteiger partial charge in [0.05, 0.1) is 0 Å². The minimum absolute atomic E-state index is 0.342. The molecule has 1 rings (SSSR count). The first kappa shape index (κ1) is 11.7. The number of aliphatic hydroxyl groups is 1. The van der Waals surface area contributed by atoms with Crippen LogP contribution in [0, 0.1) is 17.0 Å². The summed E-state index contributed by atoms with van der Waals surface area (Å²) in [6.45, 7) is 3.23. The summed E-state index contributed by atoms with van der Waals surface area (Å²) in [5.74, 6) is 1.56. The van der Waals surface area contributed by atoms with Crippen LogP contribution in [0.5, 0.6) is 0 Å². The van der Waals surface area contributed by atoms with Crippen LogP contribution in [0.25, 0.3) is 0 Å². The third kappa shape index (κ3) is 3.36. The summed E-state index contributed by atoms with van der Waals surface area (Å²) >= 11 is 0. The van der Waals surface area contributed by atoms with Crippen molar-refractivity contribution in [2.45, 2.75) is 38.8 Å². The van der Waals surface area contributed by atoms with Gasteiger partial charge in [-0.25, -0.2) is 0 Å². The van der Waals surface area contributed by atoms with Crippen LogP contribution in [-0.2, 0) is 6.42 Å². The average molecular weight is 213 g/mol. The maximum absolute atomic E-state index is 10.4. The highest BCUT2D eigenvalue weighted by atomic mass is 16.6. The molecule has 0 bridgehead atoms. The van der Waals surface area contributed by atoms with Gasteiger partial charge in [0.1, 0.15) is 17.6 Å². The monoisotopic (exact) mass is 213 g/mol. The van der Waals surface area contributed by atoms with E-state index in [-0.39, 0.29) is 0 Å². The quantitative estimate of drug-likeness (QED) is 0.594. The normalized spacial score (nSPS) is 14.9. The van der Waals surface area contributed by atoms with Crippen molar-refractivity contribution in [3.63, 3.8) is 0 Å². The van der Waals surface area contributed by atoms with Gasteiger partial charge in [0.2, 0.25) is 6.04 Å². The lowest BCUT2D eigenvalue weighted by Gasteiger charge is -2.10. The van der Waals surface area contributed by atoms with Gasteiger partial charge in [0, 0.05) is 18.3 Å². The molecule has 0 saturated carbocycles. The van der Waals surface area contributed by atoms with Gasteiger partial charge in [-0.2, -0.15) is 0 Å². The number of aryl methyl sites for hydroxylation is 2. The van der Waals surface area contributed by atoms with Gasteiger partial charge in [-0.3, -0.25) is 10.1 Å². The topological polar surface area (TPSA) is 76.5 Å². The lowest BCUT2D eigenvalue weighted by atomic mass is 10.1. The molecule has 0 amide bonds. The molecule has 1 N–H and O–H groups in total. The fourth-order valence-corrected chi connectivity index (χ4v) is 1.29. The number of nitro groups is 1. The Balaban J connectivity index is 2.40. The molecule has 1 aromatic rings. The number of furan rings is 1. The first-order chi connectivity index (χ1) is 7.00. The minimum Gasteiger partial charge on any atom is -0.466 e. The Hall–Kier alpha value is -1.36. The van der Waals surface area contributed by atoms with Gasteiger partial charge in [-0.05, 0) is 25.5 Å². The maximum Gasteiger partial charge on any atom is 0.235 e. The van der Waals surface area contributed by atoms with Crippen molar-refractivity contribution in [1.82, 2.24) is 0 Å². The second-order valence-electron chi connectivity index (χ2n) is 3.64. The van der Waals surface area contributed by atoms with Gasteiger partial charge in [-0.15, -0.1) is 0 Å². The van der Waals surface area contributed by atoms with E-state index in [1.54, 1.807) is 0 Å². The molecule has 0 aliphatic rings. The predicted molar refractivity (Wildman–Crippen MR) is 54.2 cm³/mol. The maximum atomic E-state index is 10.4. The number of aliphatic hydroxyl groups excluding tert-OH is 1. The molecule has 0 aromatic carbocycles. The van der Waals surface area contributed by atoms with Crippen LogP contribution >= 0.6 is 0 Å². The molecule has 5 heteroatoms. The van der Waals surface area contributed by atoms with E-state index in [2.05, 4.69) is 0 Å². The molecule has 1 heterocycles. The molecule has 0 aliphatic carbocycles.